The normalized spacial score (nSPS) is 15.1. The Bertz CT molecular complexity index is 1070. The van der Waals surface area contributed by atoms with Crippen molar-refractivity contribution in [3.8, 4) is 0 Å². The summed E-state index contributed by atoms with van der Waals surface area (Å²) < 4.78 is 0. The van der Waals surface area contributed by atoms with Crippen LogP contribution >= 0.6 is 0 Å². The van der Waals surface area contributed by atoms with Crippen LogP contribution in [0.15, 0.2) is 79.1 Å². The van der Waals surface area contributed by atoms with Gasteiger partial charge in [-0.25, -0.2) is 0 Å². The lowest BCUT2D eigenvalue weighted by Gasteiger charge is -2.36. The van der Waals surface area contributed by atoms with Crippen LogP contribution in [0.4, 0.5) is 5.69 Å². The van der Waals surface area contributed by atoms with Gasteiger partial charge in [0.1, 0.15) is 0 Å². The minimum Gasteiger partial charge on any atom is -0.481 e. The molecule has 1 aliphatic rings. The second kappa shape index (κ2) is 10.7. The van der Waals surface area contributed by atoms with Gasteiger partial charge in [0.25, 0.3) is 5.91 Å². The van der Waals surface area contributed by atoms with Crippen LogP contribution in [-0.4, -0.2) is 53.0 Å². The summed E-state index contributed by atoms with van der Waals surface area (Å²) in [6, 6.07) is 20.3. The second-order valence-electron chi connectivity index (χ2n) is 8.20. The van der Waals surface area contributed by atoms with E-state index in [2.05, 4.69) is 20.1 Å². The maximum absolute atomic E-state index is 12.9. The molecule has 1 amide bonds. The SMILES string of the molecule is O=C(O)CC(NC(=O)c1cccc(CN2CCN(c3ccncc3)CC2)c1)c1ccccc1. The number of carbonyl (C=O) groups excluding carboxylic acids is 1. The summed E-state index contributed by atoms with van der Waals surface area (Å²) in [6.45, 7) is 4.53. The number of aliphatic carboxylic acids is 1. The maximum Gasteiger partial charge on any atom is 0.305 e. The van der Waals surface area contributed by atoms with E-state index in [1.54, 1.807) is 6.07 Å². The van der Waals surface area contributed by atoms with Gasteiger partial charge >= 0.3 is 5.97 Å². The Morgan fingerprint density at radius 2 is 1.67 bits per heavy atom. The Morgan fingerprint density at radius 1 is 0.939 bits per heavy atom. The van der Waals surface area contributed by atoms with Crippen molar-refractivity contribution >= 4 is 17.6 Å². The van der Waals surface area contributed by atoms with Crippen molar-refractivity contribution in [3.63, 3.8) is 0 Å². The third-order valence-corrected chi connectivity index (χ3v) is 5.88. The van der Waals surface area contributed by atoms with E-state index in [9.17, 15) is 14.7 Å². The van der Waals surface area contributed by atoms with Crippen LogP contribution in [0.5, 0.6) is 0 Å². The number of anilines is 1. The molecule has 0 aliphatic carbocycles. The highest BCUT2D eigenvalue weighted by Crippen LogP contribution is 2.19. The summed E-state index contributed by atoms with van der Waals surface area (Å²) in [6.07, 6.45) is 3.46. The van der Waals surface area contributed by atoms with E-state index in [0.717, 1.165) is 43.9 Å². The van der Waals surface area contributed by atoms with Crippen LogP contribution in [0.2, 0.25) is 0 Å². The fourth-order valence-corrected chi connectivity index (χ4v) is 4.14. The highest BCUT2D eigenvalue weighted by atomic mass is 16.4. The van der Waals surface area contributed by atoms with E-state index in [-0.39, 0.29) is 12.3 Å². The van der Waals surface area contributed by atoms with E-state index in [1.165, 1.54) is 5.69 Å². The molecule has 3 aromatic rings. The van der Waals surface area contributed by atoms with Gasteiger partial charge in [0.15, 0.2) is 0 Å². The van der Waals surface area contributed by atoms with E-state index in [1.807, 2.05) is 73.1 Å². The number of rotatable bonds is 8. The molecule has 7 heteroatoms. The Hall–Kier alpha value is -3.71. The highest BCUT2D eigenvalue weighted by molar-refractivity contribution is 5.94. The first-order valence-corrected chi connectivity index (χ1v) is 11.1. The predicted molar refractivity (Wildman–Crippen MR) is 127 cm³/mol. The molecule has 7 nitrogen and oxygen atoms in total. The lowest BCUT2D eigenvalue weighted by molar-refractivity contribution is -0.137. The molecule has 0 radical (unpaired) electrons. The molecule has 1 aromatic heterocycles. The lowest BCUT2D eigenvalue weighted by atomic mass is 10.0. The molecule has 1 saturated heterocycles. The molecule has 0 spiro atoms. The van der Waals surface area contributed by atoms with Crippen LogP contribution in [0.3, 0.4) is 0 Å². The number of pyridine rings is 1. The zero-order valence-corrected chi connectivity index (χ0v) is 18.4. The van der Waals surface area contributed by atoms with E-state index < -0.39 is 12.0 Å². The average molecular weight is 445 g/mol. The largest absolute Gasteiger partial charge is 0.481 e. The number of carboxylic acid groups (broad SMARTS) is 1. The van der Waals surface area contributed by atoms with Gasteiger partial charge in [-0.1, -0.05) is 42.5 Å². The summed E-state index contributed by atoms with van der Waals surface area (Å²) in [5.41, 5.74) is 3.57. The Balaban J connectivity index is 1.37. The number of amides is 1. The van der Waals surface area contributed by atoms with Crippen molar-refractivity contribution in [1.82, 2.24) is 15.2 Å². The second-order valence-corrected chi connectivity index (χ2v) is 8.20. The summed E-state index contributed by atoms with van der Waals surface area (Å²) in [5, 5.41) is 12.2. The first-order chi connectivity index (χ1) is 16.1. The molecule has 1 aliphatic heterocycles. The van der Waals surface area contributed by atoms with Crippen molar-refractivity contribution in [2.75, 3.05) is 31.1 Å². The molecule has 0 saturated carbocycles. The molecule has 170 valence electrons. The van der Waals surface area contributed by atoms with Gasteiger partial charge in [-0.15, -0.1) is 0 Å². The van der Waals surface area contributed by atoms with Gasteiger partial charge in [-0.2, -0.15) is 0 Å². The molecular weight excluding hydrogens is 416 g/mol. The van der Waals surface area contributed by atoms with Gasteiger partial charge < -0.3 is 15.3 Å². The number of nitrogens with zero attached hydrogens (tertiary/aromatic N) is 3. The van der Waals surface area contributed by atoms with Gasteiger partial charge in [0, 0.05) is 56.4 Å². The van der Waals surface area contributed by atoms with Gasteiger partial charge in [-0.3, -0.25) is 19.5 Å². The summed E-state index contributed by atoms with van der Waals surface area (Å²) in [4.78, 5) is 33.1. The molecule has 1 atom stereocenters. The zero-order chi connectivity index (χ0) is 23.0. The van der Waals surface area contributed by atoms with Gasteiger partial charge in [0.2, 0.25) is 0 Å². The van der Waals surface area contributed by atoms with Crippen LogP contribution in [0.1, 0.15) is 33.9 Å². The number of benzene rings is 2. The van der Waals surface area contributed by atoms with Crippen molar-refractivity contribution < 1.29 is 14.7 Å². The fourth-order valence-electron chi connectivity index (χ4n) is 4.14. The number of carboxylic acids is 1. The zero-order valence-electron chi connectivity index (χ0n) is 18.4. The van der Waals surface area contributed by atoms with Gasteiger partial charge in [-0.05, 0) is 35.4 Å². The number of aromatic nitrogens is 1. The monoisotopic (exact) mass is 444 g/mol. The minimum absolute atomic E-state index is 0.169. The van der Waals surface area contributed by atoms with Crippen LogP contribution in [0.25, 0.3) is 0 Å². The van der Waals surface area contributed by atoms with Gasteiger partial charge in [0.05, 0.1) is 12.5 Å². The number of carbonyl (C=O) groups is 2. The Morgan fingerprint density at radius 3 is 2.36 bits per heavy atom. The number of hydrogen-bond donors (Lipinski definition) is 2. The molecule has 2 heterocycles. The average Bonchev–Trinajstić information content (AvgIpc) is 2.85. The van der Waals surface area contributed by atoms with Crippen LogP contribution in [-0.2, 0) is 11.3 Å². The van der Waals surface area contributed by atoms with E-state index in [0.29, 0.717) is 5.56 Å². The third-order valence-electron chi connectivity index (χ3n) is 5.88. The topological polar surface area (TPSA) is 85.8 Å². The quantitative estimate of drug-likeness (QED) is 0.554. The smallest absolute Gasteiger partial charge is 0.305 e. The number of nitrogens with one attached hydrogen (secondary N) is 1. The van der Waals surface area contributed by atoms with E-state index >= 15 is 0 Å². The molecule has 2 aromatic carbocycles. The maximum atomic E-state index is 12.9. The standard InChI is InChI=1S/C26H28N4O3/c31-25(32)18-24(21-6-2-1-3-7-21)28-26(33)22-8-4-5-20(17-22)19-29-13-15-30(16-14-29)23-9-11-27-12-10-23/h1-12,17,24H,13-16,18-19H2,(H,28,33)(H,31,32). The summed E-state index contributed by atoms with van der Waals surface area (Å²) in [5.74, 6) is -1.22. The van der Waals surface area contributed by atoms with Crippen molar-refractivity contribution in [1.29, 1.82) is 0 Å². The number of hydrogen-bond acceptors (Lipinski definition) is 5. The highest BCUT2D eigenvalue weighted by Gasteiger charge is 2.20. The first-order valence-electron chi connectivity index (χ1n) is 11.1. The summed E-state index contributed by atoms with van der Waals surface area (Å²) >= 11 is 0. The molecule has 1 unspecified atom stereocenters. The molecule has 0 bridgehead atoms. The Labute approximate surface area is 193 Å². The third kappa shape index (κ3) is 6.17. The molecule has 4 rings (SSSR count). The lowest BCUT2D eigenvalue weighted by Crippen LogP contribution is -2.46. The molecule has 1 fully saturated rings. The molecule has 2 N–H and O–H groups in total. The van der Waals surface area contributed by atoms with E-state index in [4.69, 9.17) is 0 Å². The van der Waals surface area contributed by atoms with Crippen molar-refractivity contribution in [2.24, 2.45) is 0 Å². The van der Waals surface area contributed by atoms with Crippen LogP contribution < -0.4 is 10.2 Å². The Kier molecular flexibility index (Phi) is 7.32. The predicted octanol–water partition coefficient (Wildman–Crippen LogP) is 3.35. The minimum atomic E-state index is -0.955. The van der Waals surface area contributed by atoms with Crippen LogP contribution in [0, 0.1) is 0 Å². The van der Waals surface area contributed by atoms with Crippen molar-refractivity contribution in [2.45, 2.75) is 19.0 Å². The molecule has 33 heavy (non-hydrogen) atoms. The molecular formula is C26H28N4O3. The fraction of sp³-hybridized carbons (Fsp3) is 0.269. The van der Waals surface area contributed by atoms with Crippen molar-refractivity contribution in [3.05, 3.63) is 95.8 Å². The number of piperazine rings is 1. The first kappa shape index (κ1) is 22.5. The summed E-state index contributed by atoms with van der Waals surface area (Å²) in [7, 11) is 0.